The van der Waals surface area contributed by atoms with Crippen molar-refractivity contribution in [1.82, 2.24) is 5.32 Å². The molecule has 2 aromatic rings. The van der Waals surface area contributed by atoms with Gasteiger partial charge in [0.25, 0.3) is 0 Å². The van der Waals surface area contributed by atoms with Crippen LogP contribution in [-0.2, 0) is 28.6 Å². The molecular formula is C27H29NO8. The zero-order valence-corrected chi connectivity index (χ0v) is 20.9. The Hall–Kier alpha value is -3.72. The molecule has 4 rings (SSSR count). The number of dihydropyridines is 1. The summed E-state index contributed by atoms with van der Waals surface area (Å²) in [7, 11) is 2.71. The molecule has 36 heavy (non-hydrogen) atoms. The first-order chi connectivity index (χ1) is 17.2. The van der Waals surface area contributed by atoms with Crippen molar-refractivity contribution in [2.24, 2.45) is 11.8 Å². The van der Waals surface area contributed by atoms with Gasteiger partial charge in [0.15, 0.2) is 11.2 Å². The lowest BCUT2D eigenvalue weighted by atomic mass is 9.69. The smallest absolute Gasteiger partial charge is 0.336 e. The van der Waals surface area contributed by atoms with Gasteiger partial charge in [-0.2, -0.15) is 0 Å². The largest absolute Gasteiger partial charge is 0.468 e. The van der Waals surface area contributed by atoms with Crippen molar-refractivity contribution in [3.8, 4) is 0 Å². The molecule has 3 atom stereocenters. The van der Waals surface area contributed by atoms with Crippen LogP contribution in [0.1, 0.15) is 37.3 Å². The van der Waals surface area contributed by atoms with Crippen molar-refractivity contribution in [2.45, 2.75) is 33.1 Å². The highest BCUT2D eigenvalue weighted by atomic mass is 16.6. The molecule has 0 saturated carbocycles. The van der Waals surface area contributed by atoms with Crippen molar-refractivity contribution >= 4 is 28.7 Å². The third-order valence-corrected chi connectivity index (χ3v) is 6.75. The minimum absolute atomic E-state index is 0.00791. The summed E-state index contributed by atoms with van der Waals surface area (Å²) in [6, 6.07) is 5.23. The molecule has 0 radical (unpaired) electrons. The Bertz CT molecular complexity index is 1370. The summed E-state index contributed by atoms with van der Waals surface area (Å²) >= 11 is 0. The lowest BCUT2D eigenvalue weighted by Gasteiger charge is -2.37. The summed E-state index contributed by atoms with van der Waals surface area (Å²) in [5.41, 5.74) is 2.30. The van der Waals surface area contributed by atoms with Gasteiger partial charge in [-0.25, -0.2) is 4.79 Å². The Balaban J connectivity index is 1.93. The van der Waals surface area contributed by atoms with Crippen molar-refractivity contribution in [3.05, 3.63) is 68.4 Å². The maximum Gasteiger partial charge on any atom is 0.336 e. The Morgan fingerprint density at radius 1 is 1.14 bits per heavy atom. The van der Waals surface area contributed by atoms with Gasteiger partial charge in [-0.05, 0) is 38.3 Å². The number of methoxy groups -OCH3 is 2. The summed E-state index contributed by atoms with van der Waals surface area (Å²) in [6.45, 7) is 5.51. The van der Waals surface area contributed by atoms with Gasteiger partial charge in [0.2, 0.25) is 0 Å². The molecule has 2 heterocycles. The molecule has 9 heteroatoms. The van der Waals surface area contributed by atoms with E-state index in [1.54, 1.807) is 26.0 Å². The quantitative estimate of drug-likeness (QED) is 0.366. The number of ketones is 1. The van der Waals surface area contributed by atoms with Crippen molar-refractivity contribution in [1.29, 1.82) is 0 Å². The van der Waals surface area contributed by atoms with E-state index >= 15 is 0 Å². The van der Waals surface area contributed by atoms with E-state index in [0.717, 1.165) is 5.56 Å². The number of hydrogen-bond donors (Lipinski definition) is 1. The minimum Gasteiger partial charge on any atom is -0.468 e. The maximum atomic E-state index is 13.8. The number of rotatable bonds is 6. The Morgan fingerprint density at radius 3 is 2.58 bits per heavy atom. The molecule has 9 nitrogen and oxygen atoms in total. The van der Waals surface area contributed by atoms with E-state index in [-0.39, 0.29) is 41.3 Å². The van der Waals surface area contributed by atoms with E-state index in [1.807, 2.05) is 13.0 Å². The van der Waals surface area contributed by atoms with E-state index in [9.17, 15) is 19.2 Å². The SMILES string of the molecule is COCCOC(=O)C1=C(C)NC2=C(C(=O)[C@@H](C(=O)OC)[C@@H](C)C2)[C@@H]1c1coc2ccc(C)cc2c1=O. The number of nitrogens with one attached hydrogen (secondary N) is 1. The van der Waals surface area contributed by atoms with Crippen LogP contribution in [0.2, 0.25) is 0 Å². The van der Waals surface area contributed by atoms with Gasteiger partial charge in [0.1, 0.15) is 18.1 Å². The predicted molar refractivity (Wildman–Crippen MR) is 130 cm³/mol. The molecular weight excluding hydrogens is 466 g/mol. The molecule has 1 N–H and O–H groups in total. The average Bonchev–Trinajstić information content (AvgIpc) is 2.83. The molecule has 1 aliphatic heterocycles. The minimum atomic E-state index is -1.08. The normalized spacial score (nSPS) is 21.8. The number of esters is 2. The van der Waals surface area contributed by atoms with Gasteiger partial charge in [0.05, 0.1) is 36.9 Å². The second-order valence-electron chi connectivity index (χ2n) is 9.18. The van der Waals surface area contributed by atoms with Crippen LogP contribution < -0.4 is 10.7 Å². The molecule has 0 unspecified atom stereocenters. The molecule has 0 spiro atoms. The van der Waals surface area contributed by atoms with Crippen LogP contribution in [0.4, 0.5) is 0 Å². The first-order valence-electron chi connectivity index (χ1n) is 11.7. The third kappa shape index (κ3) is 4.35. The number of aryl methyl sites for hydroxylation is 1. The zero-order chi connectivity index (χ0) is 26.1. The lowest BCUT2D eigenvalue weighted by molar-refractivity contribution is -0.151. The second kappa shape index (κ2) is 10.1. The topological polar surface area (TPSA) is 121 Å². The van der Waals surface area contributed by atoms with Gasteiger partial charge in [0, 0.05) is 29.6 Å². The molecule has 0 bridgehead atoms. The number of ether oxygens (including phenoxy) is 3. The first kappa shape index (κ1) is 25.4. The maximum absolute atomic E-state index is 13.8. The number of allylic oxidation sites excluding steroid dienone is 3. The molecule has 0 amide bonds. The summed E-state index contributed by atoms with van der Waals surface area (Å²) in [5, 5.41) is 3.50. The van der Waals surface area contributed by atoms with Gasteiger partial charge in [-0.15, -0.1) is 0 Å². The van der Waals surface area contributed by atoms with Crippen molar-refractivity contribution < 1.29 is 33.0 Å². The highest BCUT2D eigenvalue weighted by Gasteiger charge is 2.48. The number of fused-ring (bicyclic) bond motifs is 1. The van der Waals surface area contributed by atoms with E-state index in [4.69, 9.17) is 18.6 Å². The van der Waals surface area contributed by atoms with Crippen LogP contribution in [-0.4, -0.2) is 45.2 Å². The molecule has 0 fully saturated rings. The molecule has 0 saturated heterocycles. The highest BCUT2D eigenvalue weighted by Crippen LogP contribution is 2.45. The lowest BCUT2D eigenvalue weighted by Crippen LogP contribution is -2.44. The van der Waals surface area contributed by atoms with E-state index in [2.05, 4.69) is 5.32 Å². The Kier molecular flexibility index (Phi) is 7.12. The summed E-state index contributed by atoms with van der Waals surface area (Å²) in [4.78, 5) is 53.4. The molecule has 2 aliphatic rings. The molecule has 1 aromatic carbocycles. The van der Waals surface area contributed by atoms with Crippen LogP contribution >= 0.6 is 0 Å². The van der Waals surface area contributed by atoms with Crippen LogP contribution in [0.25, 0.3) is 11.0 Å². The fourth-order valence-corrected chi connectivity index (χ4v) is 5.02. The van der Waals surface area contributed by atoms with Gasteiger partial charge in [-0.3, -0.25) is 14.4 Å². The van der Waals surface area contributed by atoms with Crippen molar-refractivity contribution in [3.63, 3.8) is 0 Å². The van der Waals surface area contributed by atoms with Crippen molar-refractivity contribution in [2.75, 3.05) is 27.4 Å². The molecule has 1 aromatic heterocycles. The number of benzene rings is 1. The Morgan fingerprint density at radius 2 is 1.89 bits per heavy atom. The summed E-state index contributed by atoms with van der Waals surface area (Å²) < 4.78 is 21.1. The molecule has 1 aliphatic carbocycles. The fraction of sp³-hybridized carbons (Fsp3) is 0.407. The van der Waals surface area contributed by atoms with Crippen LogP contribution in [0.3, 0.4) is 0 Å². The Labute approximate surface area is 208 Å². The predicted octanol–water partition coefficient (Wildman–Crippen LogP) is 2.90. The number of Topliss-reactive ketones (excluding diaryl/α,β-unsaturated/α-hetero) is 1. The fourth-order valence-electron chi connectivity index (χ4n) is 5.02. The van der Waals surface area contributed by atoms with Gasteiger partial charge < -0.3 is 23.9 Å². The van der Waals surface area contributed by atoms with E-state index in [0.29, 0.717) is 28.8 Å². The number of carbonyl (C=O) groups is 3. The van der Waals surface area contributed by atoms with E-state index in [1.165, 1.54) is 20.5 Å². The standard InChI is InChI=1S/C27H29NO8/c1-13-6-7-19-16(10-13)24(29)17(12-36-19)22-21(27(32)35-9-8-33-4)15(3)28-18-11-14(2)20(26(31)34-5)25(30)23(18)22/h6-7,10,12,14,20,22,28H,8-9,11H2,1-5H3/t14-,20-,22+/m0/s1. The highest BCUT2D eigenvalue weighted by molar-refractivity contribution is 6.12. The van der Waals surface area contributed by atoms with Crippen LogP contribution in [0, 0.1) is 18.8 Å². The van der Waals surface area contributed by atoms with Crippen LogP contribution in [0.5, 0.6) is 0 Å². The van der Waals surface area contributed by atoms with E-state index < -0.39 is 29.6 Å². The molecule has 190 valence electrons. The first-order valence-corrected chi connectivity index (χ1v) is 11.7. The monoisotopic (exact) mass is 495 g/mol. The third-order valence-electron chi connectivity index (χ3n) is 6.75. The van der Waals surface area contributed by atoms with Crippen LogP contribution in [0.15, 0.2) is 56.2 Å². The second-order valence-corrected chi connectivity index (χ2v) is 9.18. The number of hydrogen-bond acceptors (Lipinski definition) is 9. The number of carbonyl (C=O) groups excluding carboxylic acids is 3. The van der Waals surface area contributed by atoms with Gasteiger partial charge in [-0.1, -0.05) is 18.6 Å². The average molecular weight is 496 g/mol. The zero-order valence-electron chi connectivity index (χ0n) is 20.9. The summed E-state index contributed by atoms with van der Waals surface area (Å²) in [6.07, 6.45) is 1.65. The van der Waals surface area contributed by atoms with Gasteiger partial charge >= 0.3 is 11.9 Å². The summed E-state index contributed by atoms with van der Waals surface area (Å²) in [5.74, 6) is -4.32.